The number of fused-ring (bicyclic) bond motifs is 3. The van der Waals surface area contributed by atoms with Crippen LogP contribution in [0.15, 0.2) is 29.2 Å². The molecule has 8 nitrogen and oxygen atoms in total. The van der Waals surface area contributed by atoms with Crippen molar-refractivity contribution in [1.82, 2.24) is 19.4 Å². The van der Waals surface area contributed by atoms with Gasteiger partial charge in [-0.3, -0.25) is 14.1 Å². The van der Waals surface area contributed by atoms with Crippen LogP contribution in [-0.2, 0) is 4.74 Å². The molecule has 2 aliphatic rings. The SMILES string of the molecule is CCCCOC(=O)N1C2CCC1CC(NC(=O)c1cc3cccn3n(C(C)C)c1=O)C2. The lowest BCUT2D eigenvalue weighted by Crippen LogP contribution is -2.53. The Bertz CT molecular complexity index is 1010. The fourth-order valence-corrected chi connectivity index (χ4v) is 5.01. The smallest absolute Gasteiger partial charge is 0.410 e. The Balaban J connectivity index is 1.47. The molecule has 2 amide bonds. The number of unbranched alkanes of at least 4 members (excludes halogenated alkanes) is 1. The number of nitrogens with one attached hydrogen (secondary N) is 1. The normalized spacial score (nSPS) is 22.8. The van der Waals surface area contributed by atoms with Gasteiger partial charge in [0.25, 0.3) is 11.5 Å². The molecule has 2 aliphatic heterocycles. The molecule has 0 aromatic carbocycles. The van der Waals surface area contributed by atoms with E-state index in [9.17, 15) is 14.4 Å². The fourth-order valence-electron chi connectivity index (χ4n) is 5.01. The van der Waals surface area contributed by atoms with E-state index in [-0.39, 0.29) is 47.3 Å². The number of nitrogens with zero attached hydrogens (tertiary/aromatic N) is 3. The zero-order chi connectivity index (χ0) is 22.1. The zero-order valence-electron chi connectivity index (χ0n) is 18.5. The van der Waals surface area contributed by atoms with Crippen molar-refractivity contribution in [3.05, 3.63) is 40.3 Å². The molecular weight excluding hydrogens is 396 g/mol. The molecule has 31 heavy (non-hydrogen) atoms. The van der Waals surface area contributed by atoms with E-state index >= 15 is 0 Å². The molecule has 1 N–H and O–H groups in total. The molecule has 0 spiro atoms. The highest BCUT2D eigenvalue weighted by Crippen LogP contribution is 2.36. The number of carbonyl (C=O) groups is 2. The summed E-state index contributed by atoms with van der Waals surface area (Å²) in [6, 6.07) is 5.44. The lowest BCUT2D eigenvalue weighted by molar-refractivity contribution is 0.0602. The van der Waals surface area contributed by atoms with Gasteiger partial charge in [-0.25, -0.2) is 9.48 Å². The van der Waals surface area contributed by atoms with Gasteiger partial charge in [0.2, 0.25) is 0 Å². The maximum Gasteiger partial charge on any atom is 0.410 e. The summed E-state index contributed by atoms with van der Waals surface area (Å²) in [7, 11) is 0. The summed E-state index contributed by atoms with van der Waals surface area (Å²) < 4.78 is 8.81. The average Bonchev–Trinajstić information content (AvgIpc) is 3.29. The van der Waals surface area contributed by atoms with Crippen molar-refractivity contribution in [2.45, 2.75) is 83.5 Å². The van der Waals surface area contributed by atoms with Crippen molar-refractivity contribution in [2.24, 2.45) is 0 Å². The van der Waals surface area contributed by atoms with Crippen molar-refractivity contribution >= 4 is 17.5 Å². The van der Waals surface area contributed by atoms with Crippen LogP contribution in [0.4, 0.5) is 4.79 Å². The van der Waals surface area contributed by atoms with Crippen LogP contribution in [0, 0.1) is 0 Å². The Labute approximate surface area is 182 Å². The number of carbonyl (C=O) groups excluding carboxylic acids is 2. The molecule has 2 aromatic rings. The van der Waals surface area contributed by atoms with Crippen molar-refractivity contribution in [2.75, 3.05) is 6.61 Å². The quantitative estimate of drug-likeness (QED) is 0.715. The number of rotatable bonds is 6. The number of hydrogen-bond donors (Lipinski definition) is 1. The van der Waals surface area contributed by atoms with Crippen LogP contribution in [-0.4, -0.2) is 50.8 Å². The summed E-state index contributed by atoms with van der Waals surface area (Å²) in [4.78, 5) is 40.5. The highest BCUT2D eigenvalue weighted by atomic mass is 16.6. The Kier molecular flexibility index (Phi) is 6.07. The molecular formula is C23H32N4O4. The lowest BCUT2D eigenvalue weighted by Gasteiger charge is -2.38. The third kappa shape index (κ3) is 4.07. The second-order valence-corrected chi connectivity index (χ2v) is 8.98. The van der Waals surface area contributed by atoms with Crippen LogP contribution in [0.3, 0.4) is 0 Å². The minimum absolute atomic E-state index is 0.0559. The topological polar surface area (TPSA) is 85.0 Å². The van der Waals surface area contributed by atoms with Crippen LogP contribution in [0.2, 0.25) is 0 Å². The van der Waals surface area contributed by atoms with E-state index in [1.54, 1.807) is 15.3 Å². The molecule has 0 saturated carbocycles. The number of hydrogen-bond acceptors (Lipinski definition) is 4. The maximum absolute atomic E-state index is 13.1. The molecule has 4 rings (SSSR count). The van der Waals surface area contributed by atoms with E-state index in [4.69, 9.17) is 4.74 Å². The molecule has 2 bridgehead atoms. The van der Waals surface area contributed by atoms with Gasteiger partial charge < -0.3 is 15.0 Å². The van der Waals surface area contributed by atoms with Gasteiger partial charge in [0.05, 0.1) is 12.1 Å². The first-order chi connectivity index (χ1) is 14.9. The molecule has 2 atom stereocenters. The van der Waals surface area contributed by atoms with Gasteiger partial charge in [-0.15, -0.1) is 0 Å². The number of piperidine rings is 1. The Hall–Kier alpha value is -2.77. The largest absolute Gasteiger partial charge is 0.449 e. The molecule has 0 radical (unpaired) electrons. The Morgan fingerprint density at radius 1 is 1.23 bits per heavy atom. The fraction of sp³-hybridized carbons (Fsp3) is 0.609. The van der Waals surface area contributed by atoms with Gasteiger partial charge in [0.15, 0.2) is 0 Å². The first-order valence-electron chi connectivity index (χ1n) is 11.4. The van der Waals surface area contributed by atoms with Crippen LogP contribution in [0.25, 0.3) is 5.52 Å². The predicted molar refractivity (Wildman–Crippen MR) is 117 cm³/mol. The highest BCUT2D eigenvalue weighted by molar-refractivity contribution is 5.95. The molecule has 2 unspecified atom stereocenters. The van der Waals surface area contributed by atoms with Gasteiger partial charge in [-0.2, -0.15) is 0 Å². The summed E-state index contributed by atoms with van der Waals surface area (Å²) in [6.07, 6.45) is 6.69. The summed E-state index contributed by atoms with van der Waals surface area (Å²) >= 11 is 0. The third-order valence-corrected chi connectivity index (χ3v) is 6.46. The van der Waals surface area contributed by atoms with E-state index in [1.165, 1.54) is 0 Å². The standard InChI is InChI=1S/C23H32N4O4/c1-4-5-11-31-23(30)26-18-8-9-19(26)13-16(12-18)24-21(28)20-14-17-7-6-10-25(17)27(15(2)3)22(20)29/h6-7,10,14-16,18-19H,4-5,8-9,11-13H2,1-3H3,(H,24,28). The van der Waals surface area contributed by atoms with E-state index in [1.807, 2.05) is 37.1 Å². The Morgan fingerprint density at radius 3 is 2.58 bits per heavy atom. The highest BCUT2D eigenvalue weighted by Gasteiger charge is 2.44. The van der Waals surface area contributed by atoms with E-state index in [2.05, 4.69) is 12.2 Å². The second kappa shape index (κ2) is 8.77. The van der Waals surface area contributed by atoms with E-state index in [0.29, 0.717) is 19.4 Å². The molecule has 168 valence electrons. The van der Waals surface area contributed by atoms with Gasteiger partial charge >= 0.3 is 6.09 Å². The van der Waals surface area contributed by atoms with Crippen LogP contribution < -0.4 is 10.9 Å². The van der Waals surface area contributed by atoms with Crippen molar-refractivity contribution < 1.29 is 14.3 Å². The first-order valence-corrected chi connectivity index (χ1v) is 11.4. The van der Waals surface area contributed by atoms with Gasteiger partial charge in [-0.05, 0) is 64.2 Å². The van der Waals surface area contributed by atoms with Crippen LogP contribution in [0.5, 0.6) is 0 Å². The zero-order valence-corrected chi connectivity index (χ0v) is 18.5. The third-order valence-electron chi connectivity index (χ3n) is 6.46. The molecule has 0 aliphatic carbocycles. The summed E-state index contributed by atoms with van der Waals surface area (Å²) in [6.45, 7) is 6.37. The average molecular weight is 429 g/mol. The monoisotopic (exact) mass is 428 g/mol. The maximum atomic E-state index is 13.1. The Morgan fingerprint density at radius 2 is 1.94 bits per heavy atom. The van der Waals surface area contributed by atoms with E-state index < -0.39 is 0 Å². The summed E-state index contributed by atoms with van der Waals surface area (Å²) in [5.74, 6) is -0.341. The van der Waals surface area contributed by atoms with Gasteiger partial charge in [-0.1, -0.05) is 13.3 Å². The van der Waals surface area contributed by atoms with Crippen molar-refractivity contribution in [3.63, 3.8) is 0 Å². The molecule has 2 aromatic heterocycles. The van der Waals surface area contributed by atoms with Gasteiger partial charge in [0, 0.05) is 30.4 Å². The van der Waals surface area contributed by atoms with E-state index in [0.717, 1.165) is 31.2 Å². The van der Waals surface area contributed by atoms with Crippen LogP contribution in [0.1, 0.15) is 75.7 Å². The number of amides is 2. The number of ether oxygens (including phenoxy) is 1. The minimum Gasteiger partial charge on any atom is -0.449 e. The lowest BCUT2D eigenvalue weighted by atomic mass is 9.97. The second-order valence-electron chi connectivity index (χ2n) is 8.98. The minimum atomic E-state index is -0.341. The molecule has 2 saturated heterocycles. The summed E-state index contributed by atoms with van der Waals surface area (Å²) in [5, 5.41) is 3.07. The predicted octanol–water partition coefficient (Wildman–Crippen LogP) is 3.34. The van der Waals surface area contributed by atoms with Crippen molar-refractivity contribution in [3.8, 4) is 0 Å². The van der Waals surface area contributed by atoms with Gasteiger partial charge in [0.1, 0.15) is 5.56 Å². The number of aromatic nitrogens is 2. The summed E-state index contributed by atoms with van der Waals surface area (Å²) in [5.41, 5.74) is 0.674. The molecule has 4 heterocycles. The van der Waals surface area contributed by atoms with Crippen molar-refractivity contribution in [1.29, 1.82) is 0 Å². The molecule has 8 heteroatoms. The molecule has 2 fully saturated rings. The first kappa shape index (κ1) is 21.5. The van der Waals surface area contributed by atoms with Crippen LogP contribution >= 0.6 is 0 Å².